The van der Waals surface area contributed by atoms with Crippen LogP contribution in [0, 0.1) is 0 Å². The lowest BCUT2D eigenvalue weighted by molar-refractivity contribution is -0.109. The summed E-state index contributed by atoms with van der Waals surface area (Å²) >= 11 is 0. The molecule has 0 saturated heterocycles. The SMILES string of the molecule is CCOc1ccc(NC(C)C(OC)OC)cc1OCC. The van der Waals surface area contributed by atoms with E-state index in [1.165, 1.54) is 0 Å². The van der Waals surface area contributed by atoms with Crippen LogP contribution in [-0.2, 0) is 9.47 Å². The highest BCUT2D eigenvalue weighted by atomic mass is 16.7. The van der Waals surface area contributed by atoms with Gasteiger partial charge in [0, 0.05) is 26.0 Å². The molecule has 0 heterocycles. The number of methoxy groups -OCH3 is 2. The zero-order valence-corrected chi connectivity index (χ0v) is 12.9. The van der Waals surface area contributed by atoms with Crippen molar-refractivity contribution in [1.29, 1.82) is 0 Å². The average molecular weight is 283 g/mol. The van der Waals surface area contributed by atoms with Crippen LogP contribution in [0.1, 0.15) is 20.8 Å². The van der Waals surface area contributed by atoms with Crippen LogP contribution in [0.5, 0.6) is 11.5 Å². The summed E-state index contributed by atoms with van der Waals surface area (Å²) in [5.41, 5.74) is 0.934. The zero-order valence-electron chi connectivity index (χ0n) is 12.9. The van der Waals surface area contributed by atoms with E-state index >= 15 is 0 Å². The van der Waals surface area contributed by atoms with E-state index in [1.54, 1.807) is 14.2 Å². The van der Waals surface area contributed by atoms with Gasteiger partial charge in [-0.1, -0.05) is 0 Å². The Hall–Kier alpha value is -1.46. The van der Waals surface area contributed by atoms with Gasteiger partial charge in [-0.25, -0.2) is 0 Å². The van der Waals surface area contributed by atoms with Gasteiger partial charge in [0.2, 0.25) is 0 Å². The van der Waals surface area contributed by atoms with Crippen molar-refractivity contribution in [2.24, 2.45) is 0 Å². The Balaban J connectivity index is 2.82. The smallest absolute Gasteiger partial charge is 0.176 e. The molecule has 1 unspecified atom stereocenters. The highest BCUT2D eigenvalue weighted by molar-refractivity contribution is 5.55. The summed E-state index contributed by atoms with van der Waals surface area (Å²) < 4.78 is 21.6. The van der Waals surface area contributed by atoms with E-state index in [0.29, 0.717) is 13.2 Å². The van der Waals surface area contributed by atoms with Crippen LogP contribution < -0.4 is 14.8 Å². The van der Waals surface area contributed by atoms with Gasteiger partial charge in [-0.2, -0.15) is 0 Å². The van der Waals surface area contributed by atoms with Crippen LogP contribution in [0.4, 0.5) is 5.69 Å². The van der Waals surface area contributed by atoms with Gasteiger partial charge in [-0.15, -0.1) is 0 Å². The Bertz CT molecular complexity index is 393. The number of hydrogen-bond acceptors (Lipinski definition) is 5. The average Bonchev–Trinajstić information content (AvgIpc) is 2.43. The number of ether oxygens (including phenoxy) is 4. The third kappa shape index (κ3) is 4.58. The van der Waals surface area contributed by atoms with Crippen molar-refractivity contribution < 1.29 is 18.9 Å². The number of rotatable bonds is 9. The number of anilines is 1. The van der Waals surface area contributed by atoms with Crippen LogP contribution in [-0.4, -0.2) is 39.8 Å². The molecule has 1 aromatic rings. The maximum atomic E-state index is 5.60. The Morgan fingerprint density at radius 1 is 1.00 bits per heavy atom. The van der Waals surface area contributed by atoms with E-state index in [1.807, 2.05) is 39.0 Å². The maximum Gasteiger partial charge on any atom is 0.176 e. The molecule has 1 aromatic carbocycles. The van der Waals surface area contributed by atoms with Crippen molar-refractivity contribution >= 4 is 5.69 Å². The fourth-order valence-corrected chi connectivity index (χ4v) is 1.98. The molecule has 0 aliphatic heterocycles. The number of hydrogen-bond donors (Lipinski definition) is 1. The predicted octanol–water partition coefficient (Wildman–Crippen LogP) is 2.90. The first-order valence-corrected chi connectivity index (χ1v) is 6.88. The van der Waals surface area contributed by atoms with Crippen molar-refractivity contribution in [1.82, 2.24) is 0 Å². The fraction of sp³-hybridized carbons (Fsp3) is 0.600. The van der Waals surface area contributed by atoms with Crippen molar-refractivity contribution in [3.63, 3.8) is 0 Å². The molecule has 114 valence electrons. The molecule has 1 atom stereocenters. The lowest BCUT2D eigenvalue weighted by atomic mass is 10.2. The molecular formula is C15H25NO4. The molecule has 0 spiro atoms. The Labute approximate surface area is 121 Å². The monoisotopic (exact) mass is 283 g/mol. The molecule has 1 rings (SSSR count). The molecule has 0 radical (unpaired) electrons. The molecule has 5 nitrogen and oxygen atoms in total. The molecule has 20 heavy (non-hydrogen) atoms. The summed E-state index contributed by atoms with van der Waals surface area (Å²) in [6, 6.07) is 5.79. The molecule has 1 N–H and O–H groups in total. The third-order valence-electron chi connectivity index (χ3n) is 2.81. The van der Waals surface area contributed by atoms with Crippen LogP contribution in [0.2, 0.25) is 0 Å². The molecule has 0 aliphatic carbocycles. The van der Waals surface area contributed by atoms with E-state index in [0.717, 1.165) is 17.2 Å². The molecule has 0 aliphatic rings. The van der Waals surface area contributed by atoms with Gasteiger partial charge in [0.15, 0.2) is 17.8 Å². The second-order valence-corrected chi connectivity index (χ2v) is 4.30. The summed E-state index contributed by atoms with van der Waals surface area (Å²) in [5, 5.41) is 3.33. The first kappa shape index (κ1) is 16.6. The van der Waals surface area contributed by atoms with Crippen molar-refractivity contribution in [3.8, 4) is 11.5 Å². The van der Waals surface area contributed by atoms with Gasteiger partial charge in [0.05, 0.1) is 19.3 Å². The number of benzene rings is 1. The fourth-order valence-electron chi connectivity index (χ4n) is 1.98. The third-order valence-corrected chi connectivity index (χ3v) is 2.81. The Morgan fingerprint density at radius 2 is 1.60 bits per heavy atom. The second kappa shape index (κ2) is 8.66. The topological polar surface area (TPSA) is 49.0 Å². The predicted molar refractivity (Wildman–Crippen MR) is 79.7 cm³/mol. The first-order valence-electron chi connectivity index (χ1n) is 6.88. The van der Waals surface area contributed by atoms with Gasteiger partial charge < -0.3 is 24.3 Å². The van der Waals surface area contributed by atoms with Crippen LogP contribution >= 0.6 is 0 Å². The Kier molecular flexibility index (Phi) is 7.18. The number of nitrogens with one attached hydrogen (secondary N) is 1. The lowest BCUT2D eigenvalue weighted by Gasteiger charge is -2.23. The van der Waals surface area contributed by atoms with Gasteiger partial charge in [-0.3, -0.25) is 0 Å². The van der Waals surface area contributed by atoms with Crippen LogP contribution in [0.25, 0.3) is 0 Å². The quantitative estimate of drug-likeness (QED) is 0.706. The van der Waals surface area contributed by atoms with Crippen LogP contribution in [0.3, 0.4) is 0 Å². The summed E-state index contributed by atoms with van der Waals surface area (Å²) in [6.07, 6.45) is -0.308. The van der Waals surface area contributed by atoms with Crippen molar-refractivity contribution in [2.45, 2.75) is 33.1 Å². The molecular weight excluding hydrogens is 258 g/mol. The van der Waals surface area contributed by atoms with Gasteiger partial charge in [0.25, 0.3) is 0 Å². The van der Waals surface area contributed by atoms with Crippen LogP contribution in [0.15, 0.2) is 18.2 Å². The summed E-state index contributed by atoms with van der Waals surface area (Å²) in [7, 11) is 3.24. The van der Waals surface area contributed by atoms with E-state index in [4.69, 9.17) is 18.9 Å². The molecule has 0 bridgehead atoms. The zero-order chi connectivity index (χ0) is 15.0. The minimum atomic E-state index is -0.308. The van der Waals surface area contributed by atoms with Gasteiger partial charge in [-0.05, 0) is 32.9 Å². The van der Waals surface area contributed by atoms with E-state index < -0.39 is 0 Å². The normalized spacial score (nSPS) is 12.3. The largest absolute Gasteiger partial charge is 0.490 e. The van der Waals surface area contributed by atoms with E-state index in [9.17, 15) is 0 Å². The Morgan fingerprint density at radius 3 is 2.15 bits per heavy atom. The molecule has 0 aromatic heterocycles. The molecule has 0 fully saturated rings. The first-order chi connectivity index (χ1) is 9.65. The van der Waals surface area contributed by atoms with E-state index in [2.05, 4.69) is 5.32 Å². The highest BCUT2D eigenvalue weighted by Crippen LogP contribution is 2.31. The van der Waals surface area contributed by atoms with Crippen molar-refractivity contribution in [2.75, 3.05) is 32.8 Å². The van der Waals surface area contributed by atoms with Gasteiger partial charge >= 0.3 is 0 Å². The summed E-state index contributed by atoms with van der Waals surface area (Å²) in [5.74, 6) is 1.49. The highest BCUT2D eigenvalue weighted by Gasteiger charge is 2.16. The summed E-state index contributed by atoms with van der Waals surface area (Å²) in [6.45, 7) is 7.10. The lowest BCUT2D eigenvalue weighted by Crippen LogP contribution is -2.33. The minimum absolute atomic E-state index is 0.0115. The van der Waals surface area contributed by atoms with Gasteiger partial charge in [0.1, 0.15) is 0 Å². The molecule has 5 heteroatoms. The maximum absolute atomic E-state index is 5.60. The minimum Gasteiger partial charge on any atom is -0.490 e. The second-order valence-electron chi connectivity index (χ2n) is 4.30. The summed E-state index contributed by atoms with van der Waals surface area (Å²) in [4.78, 5) is 0. The standard InChI is InChI=1S/C15H25NO4/c1-6-19-13-9-8-12(10-14(13)20-7-2)16-11(3)15(17-4)18-5/h8-11,15-16H,6-7H2,1-5H3. The molecule has 0 amide bonds. The van der Waals surface area contributed by atoms with E-state index in [-0.39, 0.29) is 12.3 Å². The molecule has 0 saturated carbocycles. The van der Waals surface area contributed by atoms with Crippen molar-refractivity contribution in [3.05, 3.63) is 18.2 Å².